The molecule has 2 saturated heterocycles. The summed E-state index contributed by atoms with van der Waals surface area (Å²) in [7, 11) is 0. The minimum Gasteiger partial charge on any atom is -0.334 e. The summed E-state index contributed by atoms with van der Waals surface area (Å²) in [5.74, 6) is -1.20. The van der Waals surface area contributed by atoms with Gasteiger partial charge >= 0.3 is 0 Å². The summed E-state index contributed by atoms with van der Waals surface area (Å²) in [5.41, 5.74) is 2.43. The van der Waals surface area contributed by atoms with Gasteiger partial charge in [-0.1, -0.05) is 47.5 Å². The number of amides is 2. The molecule has 3 aromatic carbocycles. The number of fused-ring (bicyclic) bond motifs is 2. The second-order valence-corrected chi connectivity index (χ2v) is 12.1. The fourth-order valence-corrected chi connectivity index (χ4v) is 7.50. The number of carbonyl (C=O) groups is 2. The van der Waals surface area contributed by atoms with Crippen molar-refractivity contribution >= 4 is 40.7 Å². The molecule has 40 heavy (non-hydrogen) atoms. The Balaban J connectivity index is 1.56. The normalized spacial score (nSPS) is 24.6. The van der Waals surface area contributed by atoms with Gasteiger partial charge in [-0.15, -0.1) is 0 Å². The van der Waals surface area contributed by atoms with E-state index in [9.17, 15) is 14.0 Å². The minimum absolute atomic E-state index is 0.0547. The molecule has 3 heterocycles. The first-order valence-electron chi connectivity index (χ1n) is 13.9. The SMILES string of the molecule is Cc1ccc(F)cc1[C@H]1N(CCCN2CCCC2)C(=O)C[C@@H](c2cccc(Cl)c2)[C@]12C(=O)Nc1cc(Cl)ccc12. The molecule has 3 aliphatic heterocycles. The molecule has 3 aliphatic rings. The number of aryl methyl sites for hydroxylation is 1. The van der Waals surface area contributed by atoms with Crippen LogP contribution in [0.25, 0.3) is 0 Å². The van der Waals surface area contributed by atoms with Gasteiger partial charge in [-0.3, -0.25) is 9.59 Å². The fourth-order valence-electron chi connectivity index (χ4n) is 7.13. The van der Waals surface area contributed by atoms with Crippen LogP contribution in [0.5, 0.6) is 0 Å². The van der Waals surface area contributed by atoms with E-state index in [1.807, 2.05) is 36.1 Å². The molecule has 0 saturated carbocycles. The number of halogens is 3. The lowest BCUT2D eigenvalue weighted by Crippen LogP contribution is -2.58. The number of rotatable bonds is 6. The molecule has 0 radical (unpaired) electrons. The van der Waals surface area contributed by atoms with Crippen molar-refractivity contribution in [3.05, 3.63) is 98.8 Å². The number of hydrogen-bond donors (Lipinski definition) is 1. The van der Waals surface area contributed by atoms with Crippen molar-refractivity contribution in [3.63, 3.8) is 0 Å². The maximum atomic E-state index is 14.9. The van der Waals surface area contributed by atoms with Gasteiger partial charge in [0.2, 0.25) is 11.8 Å². The molecule has 2 fully saturated rings. The molecule has 3 atom stereocenters. The Morgan fingerprint density at radius 3 is 2.52 bits per heavy atom. The summed E-state index contributed by atoms with van der Waals surface area (Å²) in [6.45, 7) is 5.39. The predicted molar refractivity (Wildman–Crippen MR) is 156 cm³/mol. The molecule has 6 rings (SSSR count). The van der Waals surface area contributed by atoms with E-state index in [-0.39, 0.29) is 18.2 Å². The van der Waals surface area contributed by atoms with E-state index in [4.69, 9.17) is 23.2 Å². The number of anilines is 1. The first-order valence-corrected chi connectivity index (χ1v) is 14.7. The van der Waals surface area contributed by atoms with Crippen LogP contribution in [0.3, 0.4) is 0 Å². The highest BCUT2D eigenvalue weighted by Gasteiger charge is 2.63. The molecule has 1 spiro atoms. The van der Waals surface area contributed by atoms with E-state index < -0.39 is 23.2 Å². The third kappa shape index (κ3) is 4.60. The lowest BCUT2D eigenvalue weighted by Gasteiger charge is -2.52. The van der Waals surface area contributed by atoms with Crippen molar-refractivity contribution in [2.45, 2.75) is 50.0 Å². The highest BCUT2D eigenvalue weighted by molar-refractivity contribution is 6.31. The van der Waals surface area contributed by atoms with Gasteiger partial charge in [-0.25, -0.2) is 4.39 Å². The second kappa shape index (κ2) is 10.8. The van der Waals surface area contributed by atoms with Crippen LogP contribution in [0.2, 0.25) is 10.0 Å². The highest BCUT2D eigenvalue weighted by atomic mass is 35.5. The Morgan fingerprint density at radius 1 is 0.975 bits per heavy atom. The monoisotopic (exact) mass is 579 g/mol. The molecule has 2 amide bonds. The largest absolute Gasteiger partial charge is 0.334 e. The standard InChI is InChI=1S/C32H32Cl2FN3O2/c1-20-8-10-24(35)18-25(20)30-32(26-11-9-23(34)17-28(26)36-31(32)40)27(21-6-4-7-22(33)16-21)19-29(39)38(30)15-5-14-37-12-2-3-13-37/h4,6-11,16-18,27,30H,2-3,5,12-15,19H2,1H3,(H,36,40)/t27-,30+,32-/m0/s1. The van der Waals surface area contributed by atoms with Gasteiger partial charge in [0.25, 0.3) is 0 Å². The average Bonchev–Trinajstić information content (AvgIpc) is 3.53. The molecule has 1 N–H and O–H groups in total. The number of hydrogen-bond acceptors (Lipinski definition) is 3. The van der Waals surface area contributed by atoms with Gasteiger partial charge in [0.1, 0.15) is 11.2 Å². The molecular weight excluding hydrogens is 548 g/mol. The van der Waals surface area contributed by atoms with Gasteiger partial charge in [0.15, 0.2) is 0 Å². The number of nitrogens with zero attached hydrogens (tertiary/aromatic N) is 2. The third-order valence-electron chi connectivity index (χ3n) is 8.90. The average molecular weight is 581 g/mol. The Kier molecular flexibility index (Phi) is 7.36. The predicted octanol–water partition coefficient (Wildman–Crippen LogP) is 6.87. The zero-order valence-electron chi connectivity index (χ0n) is 22.4. The van der Waals surface area contributed by atoms with Gasteiger partial charge in [0.05, 0.1) is 6.04 Å². The Hall–Kier alpha value is -2.93. The van der Waals surface area contributed by atoms with Crippen molar-refractivity contribution in [1.82, 2.24) is 9.80 Å². The van der Waals surface area contributed by atoms with Gasteiger partial charge in [-0.05, 0) is 104 Å². The van der Waals surface area contributed by atoms with Crippen LogP contribution in [-0.4, -0.2) is 47.8 Å². The van der Waals surface area contributed by atoms with Crippen LogP contribution in [0.4, 0.5) is 10.1 Å². The van der Waals surface area contributed by atoms with Crippen molar-refractivity contribution in [3.8, 4) is 0 Å². The van der Waals surface area contributed by atoms with Crippen LogP contribution in [0.1, 0.15) is 59.9 Å². The zero-order valence-corrected chi connectivity index (χ0v) is 23.9. The van der Waals surface area contributed by atoms with E-state index in [2.05, 4.69) is 10.2 Å². The smallest absolute Gasteiger partial charge is 0.238 e. The molecule has 0 unspecified atom stereocenters. The summed E-state index contributed by atoms with van der Waals surface area (Å²) in [6, 6.07) is 16.7. The van der Waals surface area contributed by atoms with E-state index in [1.165, 1.54) is 25.0 Å². The summed E-state index contributed by atoms with van der Waals surface area (Å²) in [6.07, 6.45) is 3.28. The van der Waals surface area contributed by atoms with E-state index in [1.54, 1.807) is 24.3 Å². The quantitative estimate of drug-likeness (QED) is 0.346. The Labute approximate surface area is 244 Å². The van der Waals surface area contributed by atoms with Gasteiger partial charge < -0.3 is 15.1 Å². The van der Waals surface area contributed by atoms with Crippen LogP contribution < -0.4 is 5.32 Å². The molecule has 0 aliphatic carbocycles. The summed E-state index contributed by atoms with van der Waals surface area (Å²) in [4.78, 5) is 32.8. The third-order valence-corrected chi connectivity index (χ3v) is 9.37. The number of benzene rings is 3. The summed E-state index contributed by atoms with van der Waals surface area (Å²) < 4.78 is 14.9. The molecular formula is C32H32Cl2FN3O2. The Bertz CT molecular complexity index is 1470. The number of likely N-dealkylation sites (tertiary alicyclic amines) is 2. The molecule has 0 aromatic heterocycles. The Morgan fingerprint density at radius 2 is 1.75 bits per heavy atom. The van der Waals surface area contributed by atoms with Crippen LogP contribution in [-0.2, 0) is 15.0 Å². The lowest BCUT2D eigenvalue weighted by atomic mass is 9.58. The first-order chi connectivity index (χ1) is 19.3. The van der Waals surface area contributed by atoms with Crippen molar-refractivity contribution in [2.75, 3.05) is 31.5 Å². The number of nitrogens with one attached hydrogen (secondary N) is 1. The van der Waals surface area contributed by atoms with Crippen molar-refractivity contribution in [2.24, 2.45) is 0 Å². The second-order valence-electron chi connectivity index (χ2n) is 11.2. The zero-order chi connectivity index (χ0) is 28.0. The first kappa shape index (κ1) is 27.3. The molecule has 3 aromatic rings. The molecule has 5 nitrogen and oxygen atoms in total. The topological polar surface area (TPSA) is 52.7 Å². The highest BCUT2D eigenvalue weighted by Crippen LogP contribution is 2.60. The van der Waals surface area contributed by atoms with Crippen LogP contribution in [0, 0.1) is 12.7 Å². The van der Waals surface area contributed by atoms with Crippen LogP contribution >= 0.6 is 23.2 Å². The lowest BCUT2D eigenvalue weighted by molar-refractivity contribution is -0.145. The van der Waals surface area contributed by atoms with E-state index >= 15 is 0 Å². The summed E-state index contributed by atoms with van der Waals surface area (Å²) >= 11 is 12.8. The fraction of sp³-hybridized carbons (Fsp3) is 0.375. The van der Waals surface area contributed by atoms with Crippen molar-refractivity contribution < 1.29 is 14.0 Å². The summed E-state index contributed by atoms with van der Waals surface area (Å²) in [5, 5.41) is 4.12. The van der Waals surface area contributed by atoms with E-state index in [0.717, 1.165) is 42.7 Å². The molecule has 8 heteroatoms. The maximum Gasteiger partial charge on any atom is 0.238 e. The molecule has 0 bridgehead atoms. The van der Waals surface area contributed by atoms with Crippen LogP contribution in [0.15, 0.2) is 60.7 Å². The number of piperidine rings is 1. The number of carbonyl (C=O) groups excluding carboxylic acids is 2. The molecule has 208 valence electrons. The van der Waals surface area contributed by atoms with Gasteiger partial charge in [-0.2, -0.15) is 0 Å². The van der Waals surface area contributed by atoms with E-state index in [0.29, 0.717) is 27.8 Å². The minimum atomic E-state index is -1.22. The van der Waals surface area contributed by atoms with Crippen molar-refractivity contribution in [1.29, 1.82) is 0 Å². The van der Waals surface area contributed by atoms with Gasteiger partial charge in [0, 0.05) is 34.6 Å². The maximum absolute atomic E-state index is 14.9.